The van der Waals surface area contributed by atoms with Crippen LogP contribution in [0.1, 0.15) is 83.1 Å². The molecule has 0 unspecified atom stereocenters. The van der Waals surface area contributed by atoms with Gasteiger partial charge in [-0.25, -0.2) is 4.98 Å². The second kappa shape index (κ2) is 24.8. The quantitative estimate of drug-likeness (QED) is 0.106. The van der Waals surface area contributed by atoms with E-state index in [0.29, 0.717) is 18.1 Å². The minimum atomic E-state index is 0.0516. The van der Waals surface area contributed by atoms with E-state index in [1.165, 1.54) is 5.69 Å². The van der Waals surface area contributed by atoms with Crippen LogP contribution in [-0.2, 0) is 0 Å². The van der Waals surface area contributed by atoms with Gasteiger partial charge in [-0.1, -0.05) is 24.3 Å². The number of pyridine rings is 3. The molecule has 5 aromatic rings. The van der Waals surface area contributed by atoms with Gasteiger partial charge in [-0.05, 0) is 144 Å². The van der Waals surface area contributed by atoms with Gasteiger partial charge >= 0.3 is 0 Å². The van der Waals surface area contributed by atoms with Crippen molar-refractivity contribution in [1.82, 2.24) is 25.1 Å². The molecule has 5 N–H and O–H groups in total. The van der Waals surface area contributed by atoms with Crippen LogP contribution in [0.25, 0.3) is 0 Å². The van der Waals surface area contributed by atoms with Crippen LogP contribution in [0.2, 0.25) is 0 Å². The maximum Gasteiger partial charge on any atom is 0.149 e. The van der Waals surface area contributed by atoms with Crippen molar-refractivity contribution < 1.29 is 0 Å². The minimum absolute atomic E-state index is 0.0516. The van der Waals surface area contributed by atoms with Gasteiger partial charge in [0, 0.05) is 72.1 Å². The lowest BCUT2D eigenvalue weighted by molar-refractivity contribution is 0.628. The van der Waals surface area contributed by atoms with Crippen LogP contribution in [-0.4, -0.2) is 54.4 Å². The molecular weight excluding hydrogens is 645 g/mol. The number of hydrogen-bond donors (Lipinski definition) is 5. The van der Waals surface area contributed by atoms with Crippen LogP contribution in [0.15, 0.2) is 122 Å². The predicted octanol–water partition coefficient (Wildman–Crippen LogP) is 10.3. The summed E-state index contributed by atoms with van der Waals surface area (Å²) in [6, 6.07) is 29.1. The summed E-state index contributed by atoms with van der Waals surface area (Å²) in [4.78, 5) is 12.1. The fourth-order valence-corrected chi connectivity index (χ4v) is 4.02. The molecule has 0 saturated heterocycles. The first kappa shape index (κ1) is 44.8. The number of anilines is 5. The molecule has 0 atom stereocenters. The average molecular weight is 709 g/mol. The van der Waals surface area contributed by atoms with E-state index < -0.39 is 0 Å². The van der Waals surface area contributed by atoms with Gasteiger partial charge in [0.05, 0.1) is 11.4 Å². The van der Waals surface area contributed by atoms with E-state index in [4.69, 9.17) is 0 Å². The van der Waals surface area contributed by atoms with Gasteiger partial charge in [0.15, 0.2) is 0 Å². The zero-order valence-electron chi connectivity index (χ0n) is 33.5. The van der Waals surface area contributed by atoms with Crippen molar-refractivity contribution in [1.29, 1.82) is 0 Å². The van der Waals surface area contributed by atoms with Gasteiger partial charge in [0.1, 0.15) is 11.6 Å². The molecule has 282 valence electrons. The maximum absolute atomic E-state index is 4.11. The van der Waals surface area contributed by atoms with Gasteiger partial charge in [0.2, 0.25) is 0 Å². The Morgan fingerprint density at radius 3 is 1.37 bits per heavy atom. The van der Waals surface area contributed by atoms with Crippen molar-refractivity contribution in [3.05, 3.63) is 122 Å². The van der Waals surface area contributed by atoms with Crippen molar-refractivity contribution in [3.63, 3.8) is 0 Å². The Hall–Kier alpha value is -5.25. The zero-order valence-corrected chi connectivity index (χ0v) is 33.5. The molecule has 52 heavy (non-hydrogen) atoms. The van der Waals surface area contributed by atoms with Crippen LogP contribution in [0.4, 0.5) is 28.7 Å². The first-order valence-electron chi connectivity index (χ1n) is 17.9. The minimum Gasteiger partial charge on any atom is -0.383 e. The molecule has 0 saturated carbocycles. The van der Waals surface area contributed by atoms with Gasteiger partial charge in [-0.2, -0.15) is 5.10 Å². The number of aromatic nitrogens is 5. The van der Waals surface area contributed by atoms with E-state index in [1.54, 1.807) is 24.8 Å². The Morgan fingerprint density at radius 2 is 0.923 bits per heavy atom. The van der Waals surface area contributed by atoms with E-state index in [1.807, 2.05) is 85.2 Å². The normalized spacial score (nSPS) is 10.4. The fraction of sp³-hybridized carbons (Fsp3) is 0.405. The van der Waals surface area contributed by atoms with Gasteiger partial charge < -0.3 is 26.6 Å². The maximum atomic E-state index is 4.11. The highest BCUT2D eigenvalue weighted by Gasteiger charge is 2.09. The number of rotatable bonds is 8. The summed E-state index contributed by atoms with van der Waals surface area (Å²) in [5.74, 6) is 1.76. The van der Waals surface area contributed by atoms with E-state index in [-0.39, 0.29) is 11.1 Å². The van der Waals surface area contributed by atoms with Crippen molar-refractivity contribution >= 4 is 28.7 Å². The van der Waals surface area contributed by atoms with Gasteiger partial charge in [-0.15, -0.1) is 5.10 Å². The summed E-state index contributed by atoms with van der Waals surface area (Å²) < 4.78 is 0. The van der Waals surface area contributed by atoms with E-state index in [2.05, 4.69) is 147 Å². The van der Waals surface area contributed by atoms with Gasteiger partial charge in [-0.3, -0.25) is 9.97 Å². The molecule has 4 heterocycles. The monoisotopic (exact) mass is 709 g/mol. The highest BCUT2D eigenvalue weighted by Crippen LogP contribution is 2.12. The third kappa shape index (κ3) is 26.6. The Morgan fingerprint density at radius 1 is 0.442 bits per heavy atom. The first-order valence-corrected chi connectivity index (χ1v) is 17.9. The summed E-state index contributed by atoms with van der Waals surface area (Å²) in [7, 11) is 0. The molecule has 0 spiro atoms. The Bertz CT molecular complexity index is 1360. The molecule has 0 aliphatic heterocycles. The first-order chi connectivity index (χ1) is 24.5. The second-order valence-corrected chi connectivity index (χ2v) is 14.8. The van der Waals surface area contributed by atoms with Crippen LogP contribution >= 0.6 is 0 Å². The Kier molecular flexibility index (Phi) is 21.4. The molecule has 10 heteroatoms. The summed E-state index contributed by atoms with van der Waals surface area (Å²) in [6.45, 7) is 25.3. The Balaban J connectivity index is 0.000000325. The number of hydrogen-bond acceptors (Lipinski definition) is 10. The van der Waals surface area contributed by atoms with Crippen molar-refractivity contribution in [2.24, 2.45) is 0 Å². The molecule has 0 aliphatic carbocycles. The fourth-order valence-electron chi connectivity index (χ4n) is 4.02. The molecule has 0 fully saturated rings. The van der Waals surface area contributed by atoms with Crippen LogP contribution in [0.3, 0.4) is 0 Å². The van der Waals surface area contributed by atoms with E-state index in [9.17, 15) is 0 Å². The molecule has 0 radical (unpaired) electrons. The van der Waals surface area contributed by atoms with Crippen molar-refractivity contribution in [2.75, 3.05) is 26.6 Å². The largest absolute Gasteiger partial charge is 0.383 e. The summed E-state index contributed by atoms with van der Waals surface area (Å²) in [6.07, 6.45) is 10.6. The molecule has 5 rings (SSSR count). The zero-order chi connectivity index (χ0) is 38.8. The third-order valence-corrected chi connectivity index (χ3v) is 5.70. The van der Waals surface area contributed by atoms with Crippen LogP contribution in [0, 0.1) is 0 Å². The SMILES string of the molecule is CC(C)(C)Nc1cccnc1.CC(C)(C)Nc1cccnn1.CC(C)Nc1ccccc1.CC(C)Nc1ccccn1.CC(C)Nc1cccnc1. The molecule has 10 nitrogen and oxygen atoms in total. The standard InChI is InChI=1S/C9H14N2.C9H13N.C8H13N3.2C8H12N2/c1-9(2,3)11-8-5-4-6-10-7-8;1-8(2)10-9-6-4-3-5-7-9;1-8(2,3)10-7-5-4-6-9-11-7;1-7(2)10-8-4-3-5-9-6-8;1-7(2)10-8-5-3-4-6-9-8/h4-7,11H,1-3H3;3-8,10H,1-2H3;4-6H,1-3H3,(H,10,11);3-7,10H,1-2H3;3-7H,1-2H3,(H,9,10). The molecule has 0 amide bonds. The van der Waals surface area contributed by atoms with Crippen molar-refractivity contribution in [3.8, 4) is 0 Å². The Labute approximate surface area is 314 Å². The topological polar surface area (TPSA) is 125 Å². The third-order valence-electron chi connectivity index (χ3n) is 5.70. The number of nitrogens with one attached hydrogen (secondary N) is 5. The molecule has 0 aliphatic rings. The lowest BCUT2D eigenvalue weighted by Gasteiger charge is -2.21. The lowest BCUT2D eigenvalue weighted by atomic mass is 10.1. The summed E-state index contributed by atoms with van der Waals surface area (Å²) in [5.41, 5.74) is 3.51. The molecule has 0 bridgehead atoms. The number of nitrogens with zero attached hydrogens (tertiary/aromatic N) is 5. The van der Waals surface area contributed by atoms with Crippen LogP contribution in [0.5, 0.6) is 0 Å². The van der Waals surface area contributed by atoms with E-state index >= 15 is 0 Å². The molecule has 1 aromatic carbocycles. The molecular formula is C42H64N10. The van der Waals surface area contributed by atoms with E-state index in [0.717, 1.165) is 23.0 Å². The highest BCUT2D eigenvalue weighted by atomic mass is 15.2. The lowest BCUT2D eigenvalue weighted by Crippen LogP contribution is -2.26. The summed E-state index contributed by atoms with van der Waals surface area (Å²) >= 11 is 0. The predicted molar refractivity (Wildman–Crippen MR) is 224 cm³/mol. The van der Waals surface area contributed by atoms with Crippen molar-refractivity contribution in [2.45, 2.75) is 112 Å². The number of para-hydroxylation sites is 1. The van der Waals surface area contributed by atoms with Crippen LogP contribution < -0.4 is 26.6 Å². The average Bonchev–Trinajstić information content (AvgIpc) is 3.06. The number of benzene rings is 1. The highest BCUT2D eigenvalue weighted by molar-refractivity contribution is 5.43. The van der Waals surface area contributed by atoms with Gasteiger partial charge in [0.25, 0.3) is 0 Å². The smallest absolute Gasteiger partial charge is 0.149 e. The second-order valence-electron chi connectivity index (χ2n) is 14.8. The summed E-state index contributed by atoms with van der Waals surface area (Å²) in [5, 5.41) is 23.9. The molecule has 4 aromatic heterocycles.